The molecule has 2 saturated heterocycles. The summed E-state index contributed by atoms with van der Waals surface area (Å²) in [4.78, 5) is 21.9. The third kappa shape index (κ3) is 4.88. The zero-order chi connectivity index (χ0) is 22.0. The Morgan fingerprint density at radius 3 is 1.97 bits per heavy atom. The van der Waals surface area contributed by atoms with E-state index in [1.54, 1.807) is 4.90 Å². The summed E-state index contributed by atoms with van der Waals surface area (Å²) >= 11 is 0. The fraction of sp³-hybridized carbons (Fsp3) is 0.524. The summed E-state index contributed by atoms with van der Waals surface area (Å²) in [5.41, 5.74) is -0.851. The normalized spacial score (nSPS) is 18.4. The van der Waals surface area contributed by atoms with E-state index in [0.29, 0.717) is 26.2 Å². The number of halogens is 3. The number of piperidine rings is 1. The number of carbonyl (C=O) groups excluding carboxylic acids is 1. The Morgan fingerprint density at radius 1 is 0.903 bits per heavy atom. The number of nitrogens with zero attached hydrogens (tertiary/aromatic N) is 6. The summed E-state index contributed by atoms with van der Waals surface area (Å²) in [5.74, 6) is 2.08. The molecule has 0 atom stereocenters. The van der Waals surface area contributed by atoms with Crippen LogP contribution in [0.3, 0.4) is 0 Å². The number of hydrogen-bond donors (Lipinski definition) is 0. The molecular formula is C21H25F3N6O. The van der Waals surface area contributed by atoms with Gasteiger partial charge in [-0.15, -0.1) is 10.2 Å². The number of hydrogen-bond acceptors (Lipinski definition) is 6. The molecule has 2 aromatic heterocycles. The predicted molar refractivity (Wildman–Crippen MR) is 110 cm³/mol. The Balaban J connectivity index is 1.32. The van der Waals surface area contributed by atoms with Crippen LogP contribution in [0.4, 0.5) is 24.8 Å². The van der Waals surface area contributed by atoms with Crippen LogP contribution in [0.25, 0.3) is 0 Å². The summed E-state index contributed by atoms with van der Waals surface area (Å²) in [6.07, 6.45) is -1.21. The molecule has 2 aromatic rings. The van der Waals surface area contributed by atoms with Crippen molar-refractivity contribution in [2.45, 2.75) is 25.9 Å². The van der Waals surface area contributed by atoms with Crippen LogP contribution in [0.15, 0.2) is 30.5 Å². The van der Waals surface area contributed by atoms with Crippen molar-refractivity contribution < 1.29 is 18.0 Å². The molecule has 0 saturated carbocycles. The molecule has 2 fully saturated rings. The number of aromatic nitrogens is 3. The van der Waals surface area contributed by atoms with E-state index in [4.69, 9.17) is 0 Å². The van der Waals surface area contributed by atoms with Gasteiger partial charge < -0.3 is 14.7 Å². The van der Waals surface area contributed by atoms with E-state index in [2.05, 4.69) is 31.9 Å². The smallest absolute Gasteiger partial charge is 0.355 e. The SMILES string of the molecule is CC1CCN(c2ccc(N3CCN(C(=O)c4ccc(C(F)(F)F)nc4)CC3)nn2)CC1. The van der Waals surface area contributed by atoms with Gasteiger partial charge in [0.25, 0.3) is 5.91 Å². The third-order valence-electron chi connectivity index (χ3n) is 5.94. The number of carbonyl (C=O) groups is 1. The minimum atomic E-state index is -4.52. The summed E-state index contributed by atoms with van der Waals surface area (Å²) in [5, 5.41) is 8.76. The van der Waals surface area contributed by atoms with Crippen LogP contribution in [0, 0.1) is 5.92 Å². The van der Waals surface area contributed by atoms with Gasteiger partial charge in [-0.3, -0.25) is 9.78 Å². The first kappa shape index (κ1) is 21.3. The lowest BCUT2D eigenvalue weighted by atomic mass is 9.99. The van der Waals surface area contributed by atoms with E-state index in [-0.39, 0.29) is 11.5 Å². The lowest BCUT2D eigenvalue weighted by Crippen LogP contribution is -2.49. The third-order valence-corrected chi connectivity index (χ3v) is 5.94. The highest BCUT2D eigenvalue weighted by Crippen LogP contribution is 2.27. The minimum Gasteiger partial charge on any atom is -0.355 e. The van der Waals surface area contributed by atoms with Crippen LogP contribution in [-0.2, 0) is 6.18 Å². The first-order valence-electron chi connectivity index (χ1n) is 10.5. The van der Waals surface area contributed by atoms with E-state index in [9.17, 15) is 18.0 Å². The van der Waals surface area contributed by atoms with Crippen LogP contribution in [0.5, 0.6) is 0 Å². The Bertz CT molecular complexity index is 887. The van der Waals surface area contributed by atoms with Crippen molar-refractivity contribution in [1.29, 1.82) is 0 Å². The largest absolute Gasteiger partial charge is 0.433 e. The minimum absolute atomic E-state index is 0.154. The number of amides is 1. The molecular weight excluding hydrogens is 409 g/mol. The molecule has 0 radical (unpaired) electrons. The van der Waals surface area contributed by atoms with Crippen LogP contribution in [0.1, 0.15) is 35.8 Å². The van der Waals surface area contributed by atoms with Crippen molar-refractivity contribution in [3.05, 3.63) is 41.7 Å². The van der Waals surface area contributed by atoms with E-state index >= 15 is 0 Å². The van der Waals surface area contributed by atoms with E-state index in [0.717, 1.165) is 55.7 Å². The quantitative estimate of drug-likeness (QED) is 0.740. The molecule has 31 heavy (non-hydrogen) atoms. The monoisotopic (exact) mass is 434 g/mol. The van der Waals surface area contributed by atoms with E-state index in [1.165, 1.54) is 6.07 Å². The van der Waals surface area contributed by atoms with Gasteiger partial charge in [-0.2, -0.15) is 13.2 Å². The van der Waals surface area contributed by atoms with Crippen molar-refractivity contribution in [2.24, 2.45) is 5.92 Å². The van der Waals surface area contributed by atoms with Crippen LogP contribution < -0.4 is 9.80 Å². The Kier molecular flexibility index (Phi) is 5.97. The lowest BCUT2D eigenvalue weighted by Gasteiger charge is -2.35. The highest BCUT2D eigenvalue weighted by atomic mass is 19.4. The van der Waals surface area contributed by atoms with Gasteiger partial charge in [0.1, 0.15) is 5.69 Å². The molecule has 4 heterocycles. The average Bonchev–Trinajstić information content (AvgIpc) is 2.79. The van der Waals surface area contributed by atoms with Crippen LogP contribution >= 0.6 is 0 Å². The number of pyridine rings is 1. The van der Waals surface area contributed by atoms with Crippen molar-refractivity contribution in [1.82, 2.24) is 20.1 Å². The Labute approximate surface area is 178 Å². The van der Waals surface area contributed by atoms with Crippen LogP contribution in [0.2, 0.25) is 0 Å². The molecule has 2 aliphatic rings. The van der Waals surface area contributed by atoms with E-state index in [1.807, 2.05) is 12.1 Å². The average molecular weight is 434 g/mol. The zero-order valence-electron chi connectivity index (χ0n) is 17.3. The van der Waals surface area contributed by atoms with Gasteiger partial charge in [0.2, 0.25) is 0 Å². The molecule has 10 heteroatoms. The van der Waals surface area contributed by atoms with Gasteiger partial charge in [-0.25, -0.2) is 0 Å². The number of rotatable bonds is 3. The van der Waals surface area contributed by atoms with Crippen molar-refractivity contribution >= 4 is 17.5 Å². The second-order valence-electron chi connectivity index (χ2n) is 8.13. The maximum atomic E-state index is 12.6. The van der Waals surface area contributed by atoms with Gasteiger partial charge >= 0.3 is 6.18 Å². The molecule has 0 aliphatic carbocycles. The first-order chi connectivity index (χ1) is 14.8. The maximum absolute atomic E-state index is 12.6. The van der Waals surface area contributed by atoms with Gasteiger partial charge in [-0.1, -0.05) is 6.92 Å². The highest BCUT2D eigenvalue weighted by Gasteiger charge is 2.32. The molecule has 0 aromatic carbocycles. The maximum Gasteiger partial charge on any atom is 0.433 e. The van der Waals surface area contributed by atoms with Gasteiger partial charge in [0.05, 0.1) is 5.56 Å². The highest BCUT2D eigenvalue weighted by molar-refractivity contribution is 5.94. The second-order valence-corrected chi connectivity index (χ2v) is 8.13. The van der Waals surface area contributed by atoms with Gasteiger partial charge in [0, 0.05) is 45.5 Å². The molecule has 0 N–H and O–H groups in total. The molecule has 0 unspecified atom stereocenters. The Hall–Kier alpha value is -2.91. The fourth-order valence-electron chi connectivity index (χ4n) is 3.90. The van der Waals surface area contributed by atoms with Crippen LogP contribution in [-0.4, -0.2) is 65.3 Å². The van der Waals surface area contributed by atoms with Gasteiger partial charge in [0.15, 0.2) is 11.6 Å². The topological polar surface area (TPSA) is 65.5 Å². The second kappa shape index (κ2) is 8.68. The number of alkyl halides is 3. The zero-order valence-corrected chi connectivity index (χ0v) is 17.3. The molecule has 7 nitrogen and oxygen atoms in total. The molecule has 0 bridgehead atoms. The fourth-order valence-corrected chi connectivity index (χ4v) is 3.90. The lowest BCUT2D eigenvalue weighted by molar-refractivity contribution is -0.141. The van der Waals surface area contributed by atoms with Crippen molar-refractivity contribution in [3.8, 4) is 0 Å². The molecule has 2 aliphatic heterocycles. The summed E-state index contributed by atoms with van der Waals surface area (Å²) in [6.45, 7) is 6.32. The Morgan fingerprint density at radius 2 is 1.48 bits per heavy atom. The summed E-state index contributed by atoms with van der Waals surface area (Å²) in [6, 6.07) is 5.96. The van der Waals surface area contributed by atoms with Gasteiger partial charge in [-0.05, 0) is 43.0 Å². The number of anilines is 2. The first-order valence-corrected chi connectivity index (χ1v) is 10.5. The van der Waals surface area contributed by atoms with Crippen molar-refractivity contribution in [2.75, 3.05) is 49.1 Å². The van der Waals surface area contributed by atoms with E-state index < -0.39 is 11.9 Å². The molecule has 4 rings (SSSR count). The molecule has 1 amide bonds. The summed E-state index contributed by atoms with van der Waals surface area (Å²) in [7, 11) is 0. The van der Waals surface area contributed by atoms with Crippen molar-refractivity contribution in [3.63, 3.8) is 0 Å². The summed E-state index contributed by atoms with van der Waals surface area (Å²) < 4.78 is 37.9. The predicted octanol–water partition coefficient (Wildman–Crippen LogP) is 3.09. The standard InChI is InChI=1S/C21H25F3N6O/c1-15-6-8-28(9-7-15)18-4-5-19(27-26-18)29-10-12-30(13-11-29)20(31)16-2-3-17(25-14-16)21(22,23)24/h2-5,14-15H,6-13H2,1H3. The number of piperazine rings is 1. The molecule has 0 spiro atoms. The molecule has 166 valence electrons.